The largest absolute Gasteiger partial charge is 0.458 e. The number of esters is 1. The van der Waals surface area contributed by atoms with Crippen molar-refractivity contribution in [2.75, 3.05) is 33.8 Å². The Morgan fingerprint density at radius 2 is 1.87 bits per heavy atom. The van der Waals surface area contributed by atoms with Crippen LogP contribution in [0, 0.1) is 17.8 Å². The van der Waals surface area contributed by atoms with Crippen molar-refractivity contribution in [3.8, 4) is 0 Å². The Morgan fingerprint density at radius 3 is 2.60 bits per heavy atom. The first kappa shape index (κ1) is 41.2. The molecule has 1 aromatic carbocycles. The summed E-state index contributed by atoms with van der Waals surface area (Å²) < 4.78 is 31.9. The first-order valence-electron chi connectivity index (χ1n) is 19.8. The number of aromatic nitrogens is 1. The van der Waals surface area contributed by atoms with Crippen LogP contribution in [0.3, 0.4) is 0 Å². The number of aliphatic hydroxyl groups is 1. The van der Waals surface area contributed by atoms with Crippen molar-refractivity contribution in [2.45, 2.75) is 128 Å². The summed E-state index contributed by atoms with van der Waals surface area (Å²) in [7, 11) is 3.82. The van der Waals surface area contributed by atoms with E-state index in [1.807, 2.05) is 89.3 Å². The molecule has 2 N–H and O–H groups in total. The molecule has 13 atom stereocenters. The van der Waals surface area contributed by atoms with Crippen molar-refractivity contribution < 1.29 is 43.2 Å². The maximum Gasteiger partial charge on any atom is 0.411 e. The molecule has 13 nitrogen and oxygen atoms in total. The van der Waals surface area contributed by atoms with Gasteiger partial charge < -0.3 is 39.0 Å². The van der Waals surface area contributed by atoms with Gasteiger partial charge in [-0.25, -0.2) is 4.79 Å². The average molecular weight is 765 g/mol. The number of Topliss-reactive ketones (excluding diaryl/α,β-unsaturated/α-hetero) is 1. The zero-order chi connectivity index (χ0) is 39.8. The van der Waals surface area contributed by atoms with Gasteiger partial charge in [0.25, 0.3) is 0 Å². The Labute approximate surface area is 325 Å². The van der Waals surface area contributed by atoms with E-state index in [0.29, 0.717) is 32.4 Å². The molecule has 2 aromatic rings. The number of fused-ring (bicyclic) bond motifs is 1. The summed E-state index contributed by atoms with van der Waals surface area (Å²) in [4.78, 5) is 49.5. The van der Waals surface area contributed by atoms with Crippen LogP contribution in [0.15, 0.2) is 42.6 Å². The van der Waals surface area contributed by atoms with E-state index >= 15 is 0 Å². The molecule has 4 aliphatic rings. The summed E-state index contributed by atoms with van der Waals surface area (Å²) in [6.07, 6.45) is 2.70. The van der Waals surface area contributed by atoms with Crippen LogP contribution in [0.25, 0.3) is 17.0 Å². The molecular weight excluding hydrogens is 704 g/mol. The number of carbonyl (C=O) groups excluding carboxylic acids is 3. The van der Waals surface area contributed by atoms with Crippen LogP contribution in [0.5, 0.6) is 0 Å². The van der Waals surface area contributed by atoms with E-state index < -0.39 is 65.5 Å². The Bertz CT molecular complexity index is 1740. The second-order valence-electron chi connectivity index (χ2n) is 16.8. The summed E-state index contributed by atoms with van der Waals surface area (Å²) in [5, 5.41) is 16.3. The maximum absolute atomic E-state index is 14.5. The molecule has 0 spiro atoms. The Kier molecular flexibility index (Phi) is 12.4. The Hall–Kier alpha value is -3.46. The van der Waals surface area contributed by atoms with Gasteiger partial charge in [-0.3, -0.25) is 19.5 Å². The van der Waals surface area contributed by atoms with Crippen molar-refractivity contribution in [3.05, 3.63) is 48.2 Å². The van der Waals surface area contributed by atoms with Crippen molar-refractivity contribution in [1.29, 1.82) is 0 Å². The van der Waals surface area contributed by atoms with Gasteiger partial charge in [0.2, 0.25) is 0 Å². The summed E-state index contributed by atoms with van der Waals surface area (Å²) in [6.45, 7) is 14.2. The second-order valence-corrected chi connectivity index (χ2v) is 16.8. The van der Waals surface area contributed by atoms with Gasteiger partial charge in [0.15, 0.2) is 17.7 Å². The highest BCUT2D eigenvalue weighted by molar-refractivity contribution is 6.00. The maximum atomic E-state index is 14.5. The van der Waals surface area contributed by atoms with Gasteiger partial charge in [-0.15, -0.1) is 0 Å². The number of hydrogen-bond acceptors (Lipinski definition) is 12. The minimum atomic E-state index is -1.17. The topological polar surface area (TPSA) is 149 Å². The monoisotopic (exact) mass is 764 g/mol. The van der Waals surface area contributed by atoms with Crippen LogP contribution in [0.1, 0.15) is 73.3 Å². The number of amides is 1. The van der Waals surface area contributed by atoms with Gasteiger partial charge in [0.1, 0.15) is 18.1 Å². The van der Waals surface area contributed by atoms with Gasteiger partial charge in [-0.1, -0.05) is 51.1 Å². The van der Waals surface area contributed by atoms with Crippen molar-refractivity contribution in [1.82, 2.24) is 20.1 Å². The summed E-state index contributed by atoms with van der Waals surface area (Å²) in [6, 6.07) is 9.31. The molecule has 4 aliphatic heterocycles. The van der Waals surface area contributed by atoms with Crippen LogP contribution in [-0.2, 0) is 33.3 Å². The third kappa shape index (κ3) is 8.33. The number of rotatable bonds is 8. The van der Waals surface area contributed by atoms with Crippen LogP contribution in [0.2, 0.25) is 0 Å². The van der Waals surface area contributed by atoms with Crippen molar-refractivity contribution in [3.63, 3.8) is 0 Å². The van der Waals surface area contributed by atoms with Gasteiger partial charge in [-0.2, -0.15) is 0 Å². The molecule has 5 heterocycles. The zero-order valence-electron chi connectivity index (χ0n) is 33.8. The SMILES string of the molecule is CC[C@H]1OC(=O)[C@H](C)C(=O)[C@H](C)[C@@H](O[C@@H]2O[C@H](C)CC(N(C)C)C2O)[C@](C)(OC/C=C/c2cnc3ccccc3c2)C[C@@H](C)CN[C@@H]2CN3C(=O)O[C@@]1(C)[C@@H]23. The number of ether oxygens (including phenoxy) is 5. The first-order chi connectivity index (χ1) is 26.1. The van der Waals surface area contributed by atoms with Crippen LogP contribution in [-0.4, -0.2) is 132 Å². The van der Waals surface area contributed by atoms with Gasteiger partial charge in [-0.05, 0) is 91.2 Å². The molecule has 0 bridgehead atoms. The normalized spacial score (nSPS) is 39.0. The van der Waals surface area contributed by atoms with E-state index in [9.17, 15) is 19.5 Å². The smallest absolute Gasteiger partial charge is 0.411 e. The number of cyclic esters (lactones) is 1. The summed E-state index contributed by atoms with van der Waals surface area (Å²) in [5.74, 6) is -3.14. The minimum Gasteiger partial charge on any atom is -0.458 e. The van der Waals surface area contributed by atoms with E-state index in [1.165, 1.54) is 0 Å². The quantitative estimate of drug-likeness (QED) is 0.286. The van der Waals surface area contributed by atoms with Gasteiger partial charge in [0, 0.05) is 36.1 Å². The first-order valence-corrected chi connectivity index (χ1v) is 19.8. The highest BCUT2D eigenvalue weighted by atomic mass is 16.7. The number of aliphatic hydroxyl groups excluding tert-OH is 1. The number of pyridine rings is 1. The fourth-order valence-electron chi connectivity index (χ4n) is 9.21. The van der Waals surface area contributed by atoms with E-state index in [0.717, 1.165) is 16.5 Å². The lowest BCUT2D eigenvalue weighted by Crippen LogP contribution is -2.71. The van der Waals surface area contributed by atoms with Gasteiger partial charge >= 0.3 is 12.1 Å². The van der Waals surface area contributed by atoms with Crippen LogP contribution in [0.4, 0.5) is 4.79 Å². The predicted octanol–water partition coefficient (Wildman–Crippen LogP) is 4.59. The molecular formula is C42H60N4O9. The second kappa shape index (κ2) is 16.6. The summed E-state index contributed by atoms with van der Waals surface area (Å²) in [5.41, 5.74) is -0.381. The molecule has 1 amide bonds. The van der Waals surface area contributed by atoms with Crippen molar-refractivity contribution in [2.24, 2.45) is 17.8 Å². The lowest BCUT2D eigenvalue weighted by molar-refractivity contribution is -0.296. The van der Waals surface area contributed by atoms with Gasteiger partial charge in [0.05, 0.1) is 36.0 Å². The number of nitrogens with zero attached hydrogens (tertiary/aromatic N) is 3. The molecule has 1 aromatic heterocycles. The number of hydrogen-bond donors (Lipinski definition) is 2. The highest BCUT2D eigenvalue weighted by Gasteiger charge is 2.64. The van der Waals surface area contributed by atoms with E-state index in [4.69, 9.17) is 23.7 Å². The van der Waals surface area contributed by atoms with Crippen LogP contribution >= 0.6 is 0 Å². The number of likely N-dealkylation sites (N-methyl/N-ethyl adjacent to an activating group) is 1. The lowest BCUT2D eigenvalue weighted by atomic mass is 9.78. The lowest BCUT2D eigenvalue weighted by Gasteiger charge is -2.49. The van der Waals surface area contributed by atoms with E-state index in [-0.39, 0.29) is 36.8 Å². The molecule has 4 saturated heterocycles. The van der Waals surface area contributed by atoms with E-state index in [1.54, 1.807) is 18.7 Å². The molecule has 0 aliphatic carbocycles. The molecule has 6 rings (SSSR count). The highest BCUT2D eigenvalue weighted by Crippen LogP contribution is 2.43. The van der Waals surface area contributed by atoms with Crippen molar-refractivity contribution >= 4 is 34.8 Å². The number of carbonyl (C=O) groups is 3. The molecule has 13 heteroatoms. The molecule has 4 fully saturated rings. The molecule has 2 unspecified atom stereocenters. The third-order valence-electron chi connectivity index (χ3n) is 12.3. The zero-order valence-corrected chi connectivity index (χ0v) is 33.8. The van der Waals surface area contributed by atoms with E-state index in [2.05, 4.69) is 23.3 Å². The van der Waals surface area contributed by atoms with Crippen LogP contribution < -0.4 is 5.32 Å². The molecule has 0 saturated carbocycles. The third-order valence-corrected chi connectivity index (χ3v) is 12.3. The fraction of sp³-hybridized carbons (Fsp3) is 0.667. The molecule has 0 radical (unpaired) electrons. The fourth-order valence-corrected chi connectivity index (χ4v) is 9.21. The molecule has 55 heavy (non-hydrogen) atoms. The Morgan fingerprint density at radius 1 is 1.13 bits per heavy atom. The minimum absolute atomic E-state index is 0.00144. The number of benzene rings is 1. The standard InChI is InChI=1S/C42H60N4O9/c1-10-33-42(7)36-31(23-46(36)40(50)55-42)43-21-24(2)20-41(6,51-17-13-14-28-19-29-15-11-12-16-30(29)44-22-28)37(26(4)34(47)27(5)38(49)53-33)54-39-35(48)32(45(8)9)18-25(3)52-39/h11-16,19,22,24-27,31-33,35-37,39,43,48H,10,17-18,20-21,23H2,1-9H3/b14-13+/t24-,25-,26+,27-,31-,32?,33-,35?,36-,37-,39+,41-,42-/m1/s1. The number of ketones is 1. The Balaban J connectivity index is 1.34. The predicted molar refractivity (Wildman–Crippen MR) is 207 cm³/mol. The number of nitrogens with one attached hydrogen (secondary N) is 1. The number of para-hydroxylation sites is 1. The average Bonchev–Trinajstić information content (AvgIpc) is 3.34. The molecule has 302 valence electrons. The summed E-state index contributed by atoms with van der Waals surface area (Å²) >= 11 is 0.